The van der Waals surface area contributed by atoms with Crippen molar-refractivity contribution in [2.75, 3.05) is 7.11 Å². The van der Waals surface area contributed by atoms with Gasteiger partial charge < -0.3 is 16.2 Å². The number of carbonyl (C=O) groups excluding carboxylic acids is 1. The average Bonchev–Trinajstić information content (AvgIpc) is 2.60. The Bertz CT molecular complexity index is 800. The van der Waals surface area contributed by atoms with Crippen molar-refractivity contribution in [1.82, 2.24) is 0 Å². The Hall–Kier alpha value is -1.64. The third-order valence-corrected chi connectivity index (χ3v) is 6.91. The van der Waals surface area contributed by atoms with E-state index in [0.29, 0.717) is 56.3 Å². The molecule has 1 fully saturated rings. The molecule has 2 aliphatic carbocycles. The van der Waals surface area contributed by atoms with Crippen molar-refractivity contribution in [2.24, 2.45) is 11.5 Å². The van der Waals surface area contributed by atoms with Crippen LogP contribution in [0.25, 0.3) is 0 Å². The van der Waals surface area contributed by atoms with Gasteiger partial charge >= 0.3 is 0 Å². The van der Waals surface area contributed by atoms with E-state index >= 15 is 0 Å². The summed E-state index contributed by atoms with van der Waals surface area (Å²) in [4.78, 5) is 12.1. The lowest BCUT2D eigenvalue weighted by atomic mass is 9.84. The lowest BCUT2D eigenvalue weighted by Crippen LogP contribution is -2.49. The number of fused-ring (bicyclic) bond motifs is 1. The lowest BCUT2D eigenvalue weighted by molar-refractivity contribution is -0.135. The normalized spacial score (nSPS) is 22.5. The van der Waals surface area contributed by atoms with Crippen LogP contribution in [0.2, 0.25) is 0 Å². The Kier molecular flexibility index (Phi) is 5.28. The van der Waals surface area contributed by atoms with Gasteiger partial charge in [0.15, 0.2) is 5.60 Å². The molecule has 144 valence electrons. The molecule has 7 nitrogen and oxygen atoms in total. The summed E-state index contributed by atoms with van der Waals surface area (Å²) in [6.07, 6.45) is 4.77. The third-order valence-electron chi connectivity index (χ3n) is 5.45. The van der Waals surface area contributed by atoms with E-state index in [1.807, 2.05) is 0 Å². The lowest BCUT2D eigenvalue weighted by Gasteiger charge is -2.34. The first-order valence-corrected chi connectivity index (χ1v) is 10.4. The summed E-state index contributed by atoms with van der Waals surface area (Å²) in [7, 11) is -2.60. The quantitative estimate of drug-likeness (QED) is 0.743. The van der Waals surface area contributed by atoms with E-state index in [2.05, 4.69) is 0 Å². The number of methoxy groups -OCH3 is 1. The molecule has 1 saturated carbocycles. The van der Waals surface area contributed by atoms with Gasteiger partial charge in [0, 0.05) is 11.6 Å². The Morgan fingerprint density at radius 3 is 2.50 bits per heavy atom. The Morgan fingerprint density at radius 2 is 1.88 bits per heavy atom. The van der Waals surface area contributed by atoms with E-state index in [0.717, 1.165) is 12.0 Å². The topological polar surface area (TPSA) is 122 Å². The summed E-state index contributed by atoms with van der Waals surface area (Å²) in [5, 5.41) is 0. The molecule has 0 aromatic heterocycles. The highest BCUT2D eigenvalue weighted by Crippen LogP contribution is 2.38. The Labute approximate surface area is 154 Å². The fraction of sp³-hybridized carbons (Fsp3) is 0.611. The molecule has 1 aromatic carbocycles. The summed E-state index contributed by atoms with van der Waals surface area (Å²) in [5.74, 6) is -0.0958. The van der Waals surface area contributed by atoms with Crippen molar-refractivity contribution in [2.45, 2.75) is 67.9 Å². The number of hydrogen-bond donors (Lipinski definition) is 2. The predicted molar refractivity (Wildman–Crippen MR) is 96.3 cm³/mol. The zero-order valence-electron chi connectivity index (χ0n) is 15.0. The van der Waals surface area contributed by atoms with Gasteiger partial charge in [0.2, 0.25) is 0 Å². The number of rotatable bonds is 5. The summed E-state index contributed by atoms with van der Waals surface area (Å²) in [6, 6.07) is 3.07. The van der Waals surface area contributed by atoms with Gasteiger partial charge in [-0.3, -0.25) is 4.79 Å². The molecule has 0 spiro atoms. The van der Waals surface area contributed by atoms with E-state index in [1.54, 1.807) is 13.2 Å². The third kappa shape index (κ3) is 3.45. The molecule has 26 heavy (non-hydrogen) atoms. The van der Waals surface area contributed by atoms with Gasteiger partial charge in [-0.2, -0.15) is 8.42 Å². The van der Waals surface area contributed by atoms with Gasteiger partial charge in [-0.1, -0.05) is 6.42 Å². The molecule has 0 bridgehead atoms. The maximum absolute atomic E-state index is 13.1. The fourth-order valence-corrected chi connectivity index (χ4v) is 5.54. The van der Waals surface area contributed by atoms with Crippen molar-refractivity contribution in [3.63, 3.8) is 0 Å². The highest BCUT2D eigenvalue weighted by Gasteiger charge is 2.44. The van der Waals surface area contributed by atoms with Gasteiger partial charge in [-0.05, 0) is 62.6 Å². The van der Waals surface area contributed by atoms with E-state index < -0.39 is 21.6 Å². The minimum atomic E-state index is -4.14. The van der Waals surface area contributed by atoms with Crippen LogP contribution < -0.4 is 16.2 Å². The van der Waals surface area contributed by atoms with Crippen LogP contribution in [0.4, 0.5) is 0 Å². The van der Waals surface area contributed by atoms with Gasteiger partial charge in [-0.15, -0.1) is 0 Å². The predicted octanol–water partition coefficient (Wildman–Crippen LogP) is 1.40. The SMILES string of the molecule is COc1ccc(S(=O)(=O)OC2(C(N)=O)CCCCC2)c2c1CC(N)CC2. The van der Waals surface area contributed by atoms with E-state index in [9.17, 15) is 13.2 Å². The van der Waals surface area contributed by atoms with Crippen LogP contribution >= 0.6 is 0 Å². The number of hydrogen-bond acceptors (Lipinski definition) is 6. The second kappa shape index (κ2) is 7.17. The highest BCUT2D eigenvalue weighted by molar-refractivity contribution is 7.86. The first-order valence-electron chi connectivity index (χ1n) is 8.99. The standard InChI is InChI=1S/C18H26N2O5S/c1-24-15-7-8-16(13-6-5-12(19)11-14(13)15)26(22,23)25-18(17(20)21)9-3-2-4-10-18/h7-8,12H,2-6,9-11,19H2,1H3,(H2,20,21). The van der Waals surface area contributed by atoms with Gasteiger partial charge in [0.1, 0.15) is 5.75 Å². The second-order valence-electron chi connectivity index (χ2n) is 7.18. The molecule has 1 amide bonds. The van der Waals surface area contributed by atoms with Crippen LogP contribution in [0.1, 0.15) is 49.7 Å². The molecule has 0 radical (unpaired) electrons. The summed E-state index contributed by atoms with van der Waals surface area (Å²) < 4.78 is 37.0. The number of nitrogens with two attached hydrogens (primary N) is 2. The number of ether oxygens (including phenoxy) is 1. The zero-order valence-corrected chi connectivity index (χ0v) is 15.8. The highest BCUT2D eigenvalue weighted by atomic mass is 32.2. The van der Waals surface area contributed by atoms with Gasteiger partial charge in [0.25, 0.3) is 16.0 Å². The second-order valence-corrected chi connectivity index (χ2v) is 8.70. The first kappa shape index (κ1) is 19.1. The number of primary amides is 1. The molecule has 8 heteroatoms. The summed E-state index contributed by atoms with van der Waals surface area (Å²) in [6.45, 7) is 0. The molecule has 0 saturated heterocycles. The van der Waals surface area contributed by atoms with E-state index in [1.165, 1.54) is 6.07 Å². The molecule has 2 aliphatic rings. The molecule has 1 aromatic rings. The average molecular weight is 382 g/mol. The van der Waals surface area contributed by atoms with Crippen molar-refractivity contribution in [3.8, 4) is 5.75 Å². The molecule has 0 heterocycles. The number of benzene rings is 1. The fourth-order valence-electron chi connectivity index (χ4n) is 4.02. The van der Waals surface area contributed by atoms with Crippen molar-refractivity contribution in [1.29, 1.82) is 0 Å². The van der Waals surface area contributed by atoms with E-state index in [-0.39, 0.29) is 10.9 Å². The minimum Gasteiger partial charge on any atom is -0.496 e. The molecule has 0 aliphatic heterocycles. The van der Waals surface area contributed by atoms with Crippen LogP contribution in [0.5, 0.6) is 5.75 Å². The van der Waals surface area contributed by atoms with Crippen molar-refractivity contribution in [3.05, 3.63) is 23.3 Å². The Morgan fingerprint density at radius 1 is 1.19 bits per heavy atom. The maximum Gasteiger partial charge on any atom is 0.298 e. The monoisotopic (exact) mass is 382 g/mol. The first-order chi connectivity index (χ1) is 12.3. The van der Waals surface area contributed by atoms with Crippen molar-refractivity contribution >= 4 is 16.0 Å². The minimum absolute atomic E-state index is 0.0365. The molecule has 1 atom stereocenters. The zero-order chi connectivity index (χ0) is 18.9. The molecular formula is C18H26N2O5S. The maximum atomic E-state index is 13.1. The van der Waals surface area contributed by atoms with Crippen LogP contribution in [-0.4, -0.2) is 33.1 Å². The van der Waals surface area contributed by atoms with Crippen molar-refractivity contribution < 1.29 is 22.1 Å². The molecule has 3 rings (SSSR count). The Balaban J connectivity index is 2.02. The summed E-state index contributed by atoms with van der Waals surface area (Å²) >= 11 is 0. The van der Waals surface area contributed by atoms with Crippen LogP contribution in [-0.2, 0) is 31.9 Å². The van der Waals surface area contributed by atoms with Crippen LogP contribution in [0.15, 0.2) is 17.0 Å². The molecular weight excluding hydrogens is 356 g/mol. The van der Waals surface area contributed by atoms with Crippen LogP contribution in [0, 0.1) is 0 Å². The largest absolute Gasteiger partial charge is 0.496 e. The molecule has 1 unspecified atom stereocenters. The molecule has 4 N–H and O–H groups in total. The van der Waals surface area contributed by atoms with Gasteiger partial charge in [0.05, 0.1) is 12.0 Å². The van der Waals surface area contributed by atoms with Gasteiger partial charge in [-0.25, -0.2) is 4.18 Å². The van der Waals surface area contributed by atoms with E-state index in [4.69, 9.17) is 20.4 Å². The summed E-state index contributed by atoms with van der Waals surface area (Å²) in [5.41, 5.74) is 11.6. The number of amides is 1. The number of carbonyl (C=O) groups is 1. The van der Waals surface area contributed by atoms with Crippen LogP contribution in [0.3, 0.4) is 0 Å². The smallest absolute Gasteiger partial charge is 0.298 e.